The summed E-state index contributed by atoms with van der Waals surface area (Å²) in [6.07, 6.45) is -1.79. The predicted molar refractivity (Wildman–Crippen MR) is 110 cm³/mol. The number of hydrogen-bond donors (Lipinski definition) is 1. The van der Waals surface area contributed by atoms with Crippen molar-refractivity contribution in [3.63, 3.8) is 0 Å². The maximum Gasteiger partial charge on any atom is 0.435 e. The number of carbonyl (C=O) groups excluding carboxylic acids is 3. The zero-order valence-electron chi connectivity index (χ0n) is 17.7. The molecule has 2 aromatic rings. The van der Waals surface area contributed by atoms with E-state index in [-0.39, 0.29) is 24.3 Å². The SMILES string of the molecule is Cc1cc(C(F)(F)F)nn1CCCNC(=O)CCCCCN1C(=O)c2ccccc2C1=O. The number of hydrogen-bond acceptors (Lipinski definition) is 4. The van der Waals surface area contributed by atoms with Crippen molar-refractivity contribution >= 4 is 17.7 Å². The standard InChI is InChI=1S/C22H25F3N4O3/c1-15-14-18(22(23,24)25)27-29(15)13-7-11-26-19(30)10-3-2-6-12-28-20(31)16-8-4-5-9-17(16)21(28)32/h4-5,8-9,14H,2-3,6-7,10-13H2,1H3,(H,26,30). The van der Waals surface area contributed by atoms with E-state index in [1.165, 1.54) is 9.58 Å². The number of amides is 3. The van der Waals surface area contributed by atoms with Crippen LogP contribution in [0.25, 0.3) is 0 Å². The van der Waals surface area contributed by atoms with E-state index >= 15 is 0 Å². The molecule has 0 saturated carbocycles. The van der Waals surface area contributed by atoms with Gasteiger partial charge in [-0.15, -0.1) is 0 Å². The van der Waals surface area contributed by atoms with Crippen LogP contribution in [0, 0.1) is 6.92 Å². The first-order chi connectivity index (χ1) is 15.2. The molecule has 1 aromatic heterocycles. The Morgan fingerprint density at radius 3 is 2.25 bits per heavy atom. The smallest absolute Gasteiger partial charge is 0.356 e. The van der Waals surface area contributed by atoms with Crippen LogP contribution in [0.15, 0.2) is 30.3 Å². The summed E-state index contributed by atoms with van der Waals surface area (Å²) in [7, 11) is 0. The molecule has 2 heterocycles. The fourth-order valence-electron chi connectivity index (χ4n) is 3.59. The number of benzene rings is 1. The van der Waals surface area contributed by atoms with Crippen molar-refractivity contribution in [1.29, 1.82) is 0 Å². The largest absolute Gasteiger partial charge is 0.435 e. The molecule has 0 bridgehead atoms. The Morgan fingerprint density at radius 1 is 1.00 bits per heavy atom. The Morgan fingerprint density at radius 2 is 1.66 bits per heavy atom. The van der Waals surface area contributed by atoms with Gasteiger partial charge in [-0.2, -0.15) is 18.3 Å². The molecule has 0 unspecified atom stereocenters. The van der Waals surface area contributed by atoms with Crippen LogP contribution in [-0.4, -0.2) is 45.5 Å². The summed E-state index contributed by atoms with van der Waals surface area (Å²) in [5, 5.41) is 6.30. The van der Waals surface area contributed by atoms with Crippen molar-refractivity contribution in [1.82, 2.24) is 20.0 Å². The molecular formula is C22H25F3N4O3. The molecule has 0 aliphatic carbocycles. The Hall–Kier alpha value is -3.17. The van der Waals surface area contributed by atoms with Gasteiger partial charge in [0.25, 0.3) is 11.8 Å². The van der Waals surface area contributed by atoms with Crippen LogP contribution in [0.4, 0.5) is 13.2 Å². The van der Waals surface area contributed by atoms with Gasteiger partial charge in [0.2, 0.25) is 5.91 Å². The third-order valence-electron chi connectivity index (χ3n) is 5.30. The Labute approximate surface area is 183 Å². The first-order valence-corrected chi connectivity index (χ1v) is 10.5. The maximum atomic E-state index is 12.7. The van der Waals surface area contributed by atoms with E-state index in [0.717, 1.165) is 6.07 Å². The van der Waals surface area contributed by atoms with Crippen molar-refractivity contribution in [2.24, 2.45) is 0 Å². The zero-order chi connectivity index (χ0) is 23.3. The fourth-order valence-corrected chi connectivity index (χ4v) is 3.59. The van der Waals surface area contributed by atoms with Crippen molar-refractivity contribution in [3.8, 4) is 0 Å². The molecule has 1 aliphatic heterocycles. The summed E-state index contributed by atoms with van der Waals surface area (Å²) in [4.78, 5) is 37.7. The van der Waals surface area contributed by atoms with Gasteiger partial charge in [-0.1, -0.05) is 18.6 Å². The van der Waals surface area contributed by atoms with Gasteiger partial charge in [0.15, 0.2) is 5.69 Å². The molecule has 0 radical (unpaired) electrons. The van der Waals surface area contributed by atoms with Crippen LogP contribution in [0.2, 0.25) is 0 Å². The van der Waals surface area contributed by atoms with Crippen LogP contribution in [-0.2, 0) is 17.5 Å². The second kappa shape index (κ2) is 9.97. The zero-order valence-corrected chi connectivity index (χ0v) is 17.7. The van der Waals surface area contributed by atoms with E-state index < -0.39 is 11.9 Å². The molecule has 0 atom stereocenters. The molecule has 0 spiro atoms. The average molecular weight is 450 g/mol. The molecule has 3 rings (SSSR count). The lowest BCUT2D eigenvalue weighted by molar-refractivity contribution is -0.141. The van der Waals surface area contributed by atoms with E-state index in [4.69, 9.17) is 0 Å². The van der Waals surface area contributed by atoms with E-state index in [0.29, 0.717) is 62.0 Å². The highest BCUT2D eigenvalue weighted by molar-refractivity contribution is 6.21. The van der Waals surface area contributed by atoms with Crippen molar-refractivity contribution in [3.05, 3.63) is 52.8 Å². The highest BCUT2D eigenvalue weighted by atomic mass is 19.4. The highest BCUT2D eigenvalue weighted by Crippen LogP contribution is 2.28. The second-order valence-corrected chi connectivity index (χ2v) is 7.71. The Bertz CT molecular complexity index is 966. The van der Waals surface area contributed by atoms with Crippen LogP contribution < -0.4 is 5.32 Å². The number of aryl methyl sites for hydroxylation is 2. The van der Waals surface area contributed by atoms with Gasteiger partial charge in [0.1, 0.15) is 0 Å². The van der Waals surface area contributed by atoms with E-state index in [9.17, 15) is 27.6 Å². The molecule has 0 fully saturated rings. The number of halogens is 3. The van der Waals surface area contributed by atoms with E-state index in [1.807, 2.05) is 0 Å². The van der Waals surface area contributed by atoms with Crippen molar-refractivity contribution < 1.29 is 27.6 Å². The molecule has 32 heavy (non-hydrogen) atoms. The van der Waals surface area contributed by atoms with E-state index in [1.54, 1.807) is 31.2 Å². The third-order valence-corrected chi connectivity index (χ3v) is 5.30. The topological polar surface area (TPSA) is 84.3 Å². The normalized spacial score (nSPS) is 13.6. The molecule has 3 amide bonds. The quantitative estimate of drug-likeness (QED) is 0.443. The van der Waals surface area contributed by atoms with Gasteiger partial charge in [0.05, 0.1) is 11.1 Å². The fraction of sp³-hybridized carbons (Fsp3) is 0.455. The van der Waals surface area contributed by atoms with E-state index in [2.05, 4.69) is 10.4 Å². The first-order valence-electron chi connectivity index (χ1n) is 10.5. The minimum atomic E-state index is -4.47. The number of alkyl halides is 3. The molecular weight excluding hydrogens is 425 g/mol. The number of rotatable bonds is 10. The number of nitrogens with one attached hydrogen (secondary N) is 1. The van der Waals surface area contributed by atoms with Crippen LogP contribution in [0.1, 0.15) is 64.2 Å². The molecule has 0 saturated heterocycles. The summed E-state index contributed by atoms with van der Waals surface area (Å²) in [5.74, 6) is -0.699. The van der Waals surface area contributed by atoms with Gasteiger partial charge < -0.3 is 5.32 Å². The molecule has 1 N–H and O–H groups in total. The lowest BCUT2D eigenvalue weighted by atomic mass is 10.1. The number of carbonyl (C=O) groups is 3. The first kappa shape index (κ1) is 23.5. The van der Waals surface area contributed by atoms with Crippen molar-refractivity contribution in [2.75, 3.05) is 13.1 Å². The van der Waals surface area contributed by atoms with Crippen LogP contribution in [0.3, 0.4) is 0 Å². The monoisotopic (exact) mass is 450 g/mol. The molecule has 10 heteroatoms. The van der Waals surface area contributed by atoms with Gasteiger partial charge in [0, 0.05) is 31.7 Å². The highest BCUT2D eigenvalue weighted by Gasteiger charge is 2.35. The summed E-state index contributed by atoms with van der Waals surface area (Å²) in [5.41, 5.74) is 0.357. The number of fused-ring (bicyclic) bond motifs is 1. The Kier molecular flexibility index (Phi) is 7.32. The number of aromatic nitrogens is 2. The van der Waals surface area contributed by atoms with Gasteiger partial charge in [-0.25, -0.2) is 0 Å². The van der Waals surface area contributed by atoms with Gasteiger partial charge in [-0.05, 0) is 44.4 Å². The molecule has 172 valence electrons. The summed E-state index contributed by atoms with van der Waals surface area (Å²) < 4.78 is 39.3. The molecule has 1 aliphatic rings. The van der Waals surface area contributed by atoms with Gasteiger partial charge in [-0.3, -0.25) is 24.0 Å². The number of unbranched alkanes of at least 4 members (excludes halogenated alkanes) is 2. The number of imide groups is 1. The average Bonchev–Trinajstić information content (AvgIpc) is 3.24. The Balaban J connectivity index is 1.28. The maximum absolute atomic E-state index is 12.7. The predicted octanol–water partition coefficient (Wildman–Crippen LogP) is 3.57. The summed E-state index contributed by atoms with van der Waals surface area (Å²) in [6, 6.07) is 7.73. The van der Waals surface area contributed by atoms with Crippen LogP contribution >= 0.6 is 0 Å². The van der Waals surface area contributed by atoms with Crippen molar-refractivity contribution in [2.45, 2.75) is 51.7 Å². The third kappa shape index (κ3) is 5.54. The molecule has 7 nitrogen and oxygen atoms in total. The summed E-state index contributed by atoms with van der Waals surface area (Å²) >= 11 is 0. The lowest BCUT2D eigenvalue weighted by Crippen LogP contribution is -2.30. The summed E-state index contributed by atoms with van der Waals surface area (Å²) in [6.45, 7) is 2.50. The van der Waals surface area contributed by atoms with Crippen LogP contribution in [0.5, 0.6) is 0 Å². The lowest BCUT2D eigenvalue weighted by Gasteiger charge is -2.13. The molecule has 1 aromatic carbocycles. The van der Waals surface area contributed by atoms with Gasteiger partial charge >= 0.3 is 6.18 Å². The minimum Gasteiger partial charge on any atom is -0.356 e. The second-order valence-electron chi connectivity index (χ2n) is 7.71. The number of nitrogens with zero attached hydrogens (tertiary/aromatic N) is 3. The minimum absolute atomic E-state index is 0.140.